The number of carbonyl (C=O) groups excluding carboxylic acids is 1. The molecule has 2 aliphatic rings. The quantitative estimate of drug-likeness (QED) is 0.746. The Morgan fingerprint density at radius 1 is 1.50 bits per heavy atom. The molecule has 0 aromatic carbocycles. The van der Waals surface area contributed by atoms with Crippen LogP contribution in [0.5, 0.6) is 0 Å². The summed E-state index contributed by atoms with van der Waals surface area (Å²) in [7, 11) is 0. The van der Waals surface area contributed by atoms with Gasteiger partial charge in [0.05, 0.1) is 5.41 Å². The molecule has 2 unspecified atom stereocenters. The molecule has 3 nitrogen and oxygen atoms in total. The molecule has 0 bridgehead atoms. The maximum absolute atomic E-state index is 12.1. The van der Waals surface area contributed by atoms with E-state index in [0.717, 1.165) is 18.8 Å². The van der Waals surface area contributed by atoms with Crippen LogP contribution in [0.15, 0.2) is 0 Å². The molecular formula is C13H24N2O. The van der Waals surface area contributed by atoms with Crippen LogP contribution in [0.1, 0.15) is 46.0 Å². The first-order chi connectivity index (χ1) is 7.61. The van der Waals surface area contributed by atoms with E-state index in [0.29, 0.717) is 18.5 Å². The highest BCUT2D eigenvalue weighted by Gasteiger charge is 2.49. The average Bonchev–Trinajstić information content (AvgIpc) is 2.91. The van der Waals surface area contributed by atoms with Crippen LogP contribution < -0.4 is 11.1 Å². The Hall–Kier alpha value is -0.570. The highest BCUT2D eigenvalue weighted by atomic mass is 16.2. The largest absolute Gasteiger partial charge is 0.353 e. The molecule has 0 aromatic rings. The summed E-state index contributed by atoms with van der Waals surface area (Å²) in [6.07, 6.45) is 5.59. The van der Waals surface area contributed by atoms with Crippen molar-refractivity contribution >= 4 is 5.91 Å². The summed E-state index contributed by atoms with van der Waals surface area (Å²) in [5.41, 5.74) is 5.54. The van der Waals surface area contributed by atoms with Gasteiger partial charge in [-0.1, -0.05) is 20.3 Å². The van der Waals surface area contributed by atoms with Crippen molar-refractivity contribution in [2.45, 2.75) is 52.0 Å². The third kappa shape index (κ3) is 2.10. The Labute approximate surface area is 98.2 Å². The number of hydrogen-bond acceptors (Lipinski definition) is 2. The molecule has 92 valence electrons. The van der Waals surface area contributed by atoms with Crippen LogP contribution >= 0.6 is 0 Å². The Balaban J connectivity index is 1.80. The van der Waals surface area contributed by atoms with Crippen molar-refractivity contribution in [2.75, 3.05) is 6.54 Å². The van der Waals surface area contributed by atoms with E-state index in [1.165, 1.54) is 19.3 Å². The molecule has 16 heavy (non-hydrogen) atoms. The van der Waals surface area contributed by atoms with Crippen LogP contribution in [0.4, 0.5) is 0 Å². The Kier molecular flexibility index (Phi) is 3.24. The number of hydrogen-bond donors (Lipinski definition) is 2. The molecule has 2 saturated carbocycles. The van der Waals surface area contributed by atoms with E-state index in [-0.39, 0.29) is 11.3 Å². The minimum Gasteiger partial charge on any atom is -0.353 e. The van der Waals surface area contributed by atoms with E-state index in [4.69, 9.17) is 5.73 Å². The van der Waals surface area contributed by atoms with Crippen molar-refractivity contribution < 1.29 is 4.79 Å². The van der Waals surface area contributed by atoms with Gasteiger partial charge >= 0.3 is 0 Å². The second kappa shape index (κ2) is 4.36. The molecule has 0 aromatic heterocycles. The molecule has 0 aliphatic heterocycles. The van der Waals surface area contributed by atoms with Gasteiger partial charge < -0.3 is 11.1 Å². The Morgan fingerprint density at radius 3 is 2.69 bits per heavy atom. The van der Waals surface area contributed by atoms with Crippen LogP contribution in [-0.4, -0.2) is 18.5 Å². The lowest BCUT2D eigenvalue weighted by molar-refractivity contribution is -0.138. The van der Waals surface area contributed by atoms with Crippen molar-refractivity contribution in [3.63, 3.8) is 0 Å². The summed E-state index contributed by atoms with van der Waals surface area (Å²) in [5, 5.41) is 3.18. The summed E-state index contributed by atoms with van der Waals surface area (Å²) in [6, 6.07) is 0.451. The predicted octanol–water partition coefficient (Wildman–Crippen LogP) is 1.67. The molecule has 2 fully saturated rings. The molecule has 1 amide bonds. The monoisotopic (exact) mass is 224 g/mol. The number of nitrogens with two attached hydrogens (primary N) is 1. The molecule has 2 rings (SSSR count). The first-order valence-electron chi connectivity index (χ1n) is 6.62. The summed E-state index contributed by atoms with van der Waals surface area (Å²) >= 11 is 0. The van der Waals surface area contributed by atoms with Gasteiger partial charge in [-0.25, -0.2) is 0 Å². The van der Waals surface area contributed by atoms with Crippen molar-refractivity contribution in [2.24, 2.45) is 23.0 Å². The molecule has 0 heterocycles. The summed E-state index contributed by atoms with van der Waals surface area (Å²) in [5.74, 6) is 1.62. The van der Waals surface area contributed by atoms with Gasteiger partial charge in [0.15, 0.2) is 0 Å². The van der Waals surface area contributed by atoms with Crippen molar-refractivity contribution in [1.29, 1.82) is 0 Å². The smallest absolute Gasteiger partial charge is 0.227 e. The minimum atomic E-state index is -0.223. The minimum absolute atomic E-state index is 0.219. The predicted molar refractivity (Wildman–Crippen MR) is 64.8 cm³/mol. The summed E-state index contributed by atoms with van der Waals surface area (Å²) < 4.78 is 0. The maximum atomic E-state index is 12.1. The van der Waals surface area contributed by atoms with Crippen LogP contribution in [0, 0.1) is 17.3 Å². The Bertz CT molecular complexity index is 271. The van der Waals surface area contributed by atoms with Crippen LogP contribution in [0.2, 0.25) is 0 Å². The van der Waals surface area contributed by atoms with Crippen molar-refractivity contribution in [3.05, 3.63) is 0 Å². The van der Waals surface area contributed by atoms with E-state index < -0.39 is 0 Å². The lowest BCUT2D eigenvalue weighted by atomic mass is 9.62. The fourth-order valence-electron chi connectivity index (χ4n) is 3.15. The summed E-state index contributed by atoms with van der Waals surface area (Å²) in [6.45, 7) is 4.90. The van der Waals surface area contributed by atoms with Crippen LogP contribution in [0.25, 0.3) is 0 Å². The fourth-order valence-corrected chi connectivity index (χ4v) is 3.15. The molecule has 0 spiro atoms. The second-order valence-corrected chi connectivity index (χ2v) is 5.86. The number of rotatable bonds is 5. The zero-order valence-electron chi connectivity index (χ0n) is 10.5. The van der Waals surface area contributed by atoms with Gasteiger partial charge in [-0.3, -0.25) is 4.79 Å². The second-order valence-electron chi connectivity index (χ2n) is 5.86. The highest BCUT2D eigenvalue weighted by Crippen LogP contribution is 2.46. The lowest BCUT2D eigenvalue weighted by Gasteiger charge is -2.44. The Morgan fingerprint density at radius 2 is 2.19 bits per heavy atom. The van der Waals surface area contributed by atoms with Gasteiger partial charge in [-0.2, -0.15) is 0 Å². The van der Waals surface area contributed by atoms with E-state index in [9.17, 15) is 4.79 Å². The van der Waals surface area contributed by atoms with Gasteiger partial charge in [0.25, 0.3) is 0 Å². The normalized spacial score (nSPS) is 41.3. The SMILES string of the molecule is CCCC1CC1NC(=O)C1(CN)CC(C)C1. The van der Waals surface area contributed by atoms with E-state index in [1.807, 2.05) is 0 Å². The zero-order valence-corrected chi connectivity index (χ0v) is 10.5. The molecular weight excluding hydrogens is 200 g/mol. The third-order valence-corrected chi connectivity index (χ3v) is 4.25. The zero-order chi connectivity index (χ0) is 11.8. The van der Waals surface area contributed by atoms with Crippen molar-refractivity contribution in [3.8, 4) is 0 Å². The topological polar surface area (TPSA) is 55.1 Å². The van der Waals surface area contributed by atoms with Gasteiger partial charge in [-0.05, 0) is 37.5 Å². The maximum Gasteiger partial charge on any atom is 0.227 e. The van der Waals surface area contributed by atoms with E-state index in [2.05, 4.69) is 19.2 Å². The van der Waals surface area contributed by atoms with Crippen LogP contribution in [-0.2, 0) is 4.79 Å². The summed E-state index contributed by atoms with van der Waals surface area (Å²) in [4.78, 5) is 12.1. The number of amides is 1. The molecule has 0 saturated heterocycles. The molecule has 3 N–H and O–H groups in total. The molecule has 2 atom stereocenters. The average molecular weight is 224 g/mol. The first kappa shape index (κ1) is 11.9. The van der Waals surface area contributed by atoms with E-state index in [1.54, 1.807) is 0 Å². The van der Waals surface area contributed by atoms with Gasteiger partial charge in [0.2, 0.25) is 5.91 Å². The highest BCUT2D eigenvalue weighted by molar-refractivity contribution is 5.84. The lowest BCUT2D eigenvalue weighted by Crippen LogP contribution is -2.54. The van der Waals surface area contributed by atoms with Crippen molar-refractivity contribution in [1.82, 2.24) is 5.32 Å². The molecule has 2 aliphatic carbocycles. The molecule has 0 radical (unpaired) electrons. The molecule has 3 heteroatoms. The first-order valence-corrected chi connectivity index (χ1v) is 6.62. The van der Waals surface area contributed by atoms with Gasteiger partial charge in [-0.15, -0.1) is 0 Å². The van der Waals surface area contributed by atoms with Gasteiger partial charge in [0.1, 0.15) is 0 Å². The number of nitrogens with one attached hydrogen (secondary N) is 1. The van der Waals surface area contributed by atoms with Crippen LogP contribution in [0.3, 0.4) is 0 Å². The standard InChI is InChI=1S/C13H24N2O/c1-3-4-10-5-11(10)15-12(16)13(8-14)6-9(2)7-13/h9-11H,3-8,14H2,1-2H3,(H,15,16). The third-order valence-electron chi connectivity index (χ3n) is 4.25. The van der Waals surface area contributed by atoms with Gasteiger partial charge in [0, 0.05) is 12.6 Å². The van der Waals surface area contributed by atoms with E-state index >= 15 is 0 Å². The fraction of sp³-hybridized carbons (Fsp3) is 0.923. The number of carbonyl (C=O) groups is 1.